The molecule has 0 radical (unpaired) electrons. The molecule has 0 saturated carbocycles. The fourth-order valence-electron chi connectivity index (χ4n) is 1.20. The maximum atomic E-state index is 10.7. The van der Waals surface area contributed by atoms with Crippen LogP contribution in [-0.4, -0.2) is 17.4 Å². The molecule has 0 aliphatic heterocycles. The van der Waals surface area contributed by atoms with E-state index in [-0.39, 0.29) is 11.8 Å². The summed E-state index contributed by atoms with van der Waals surface area (Å²) >= 11 is 0. The number of Topliss-reactive ketones (excluding diaryl/α,β-unsaturated/α-hetero) is 1. The summed E-state index contributed by atoms with van der Waals surface area (Å²) in [4.78, 5) is 21.3. The summed E-state index contributed by atoms with van der Waals surface area (Å²) in [6.07, 6.45) is 2.06. The zero-order chi connectivity index (χ0) is 10.5. The molecule has 0 aromatic rings. The summed E-state index contributed by atoms with van der Waals surface area (Å²) in [6.45, 7) is 6.68. The minimum absolute atomic E-state index is 0.179. The molecule has 0 fully saturated rings. The van der Waals surface area contributed by atoms with Crippen molar-refractivity contribution in [1.82, 2.24) is 0 Å². The molecule has 0 unspecified atom stereocenters. The Morgan fingerprint density at radius 2 is 1.77 bits per heavy atom. The highest BCUT2D eigenvalue weighted by molar-refractivity contribution is 5.75. The average Bonchev–Trinajstić information content (AvgIpc) is 1.81. The SMILES string of the molecule is CC(=O)CCCC(C)(C)OC(C)=O. The van der Waals surface area contributed by atoms with E-state index in [0.717, 1.165) is 12.8 Å². The Morgan fingerprint density at radius 1 is 1.23 bits per heavy atom. The van der Waals surface area contributed by atoms with E-state index < -0.39 is 5.60 Å². The smallest absolute Gasteiger partial charge is 0.303 e. The first-order valence-electron chi connectivity index (χ1n) is 4.52. The van der Waals surface area contributed by atoms with E-state index in [1.165, 1.54) is 6.92 Å². The molecule has 13 heavy (non-hydrogen) atoms. The molecule has 0 bridgehead atoms. The molecular formula is C10H18O3. The molecule has 76 valence electrons. The monoisotopic (exact) mass is 186 g/mol. The lowest BCUT2D eigenvalue weighted by atomic mass is 10.0. The van der Waals surface area contributed by atoms with E-state index in [1.54, 1.807) is 6.92 Å². The summed E-state index contributed by atoms with van der Waals surface area (Å²) in [7, 11) is 0. The van der Waals surface area contributed by atoms with E-state index in [4.69, 9.17) is 4.74 Å². The van der Waals surface area contributed by atoms with Crippen LogP contribution in [-0.2, 0) is 14.3 Å². The zero-order valence-corrected chi connectivity index (χ0v) is 8.85. The van der Waals surface area contributed by atoms with Gasteiger partial charge in [0.1, 0.15) is 11.4 Å². The Bertz CT molecular complexity index is 194. The van der Waals surface area contributed by atoms with Gasteiger partial charge in [0.2, 0.25) is 0 Å². The van der Waals surface area contributed by atoms with Gasteiger partial charge in [-0.15, -0.1) is 0 Å². The summed E-state index contributed by atoms with van der Waals surface area (Å²) < 4.78 is 5.07. The van der Waals surface area contributed by atoms with Gasteiger partial charge in [0.15, 0.2) is 0 Å². The minimum atomic E-state index is -0.443. The maximum Gasteiger partial charge on any atom is 0.303 e. The van der Waals surface area contributed by atoms with Gasteiger partial charge in [0.25, 0.3) is 0 Å². The van der Waals surface area contributed by atoms with E-state index >= 15 is 0 Å². The van der Waals surface area contributed by atoms with E-state index in [1.807, 2.05) is 13.8 Å². The number of hydrogen-bond donors (Lipinski definition) is 0. The van der Waals surface area contributed by atoms with Gasteiger partial charge in [0, 0.05) is 13.3 Å². The molecule has 3 heteroatoms. The second-order valence-corrected chi connectivity index (χ2v) is 3.91. The second kappa shape index (κ2) is 5.00. The Morgan fingerprint density at radius 3 is 2.15 bits per heavy atom. The normalized spacial score (nSPS) is 11.1. The quantitative estimate of drug-likeness (QED) is 0.617. The maximum absolute atomic E-state index is 10.7. The van der Waals surface area contributed by atoms with Crippen molar-refractivity contribution in [2.75, 3.05) is 0 Å². The van der Waals surface area contributed by atoms with Crippen molar-refractivity contribution in [2.24, 2.45) is 0 Å². The Kier molecular flexibility index (Phi) is 4.67. The molecule has 0 heterocycles. The minimum Gasteiger partial charge on any atom is -0.460 e. The number of carbonyl (C=O) groups excluding carboxylic acids is 2. The van der Waals surface area contributed by atoms with E-state index in [9.17, 15) is 9.59 Å². The van der Waals surface area contributed by atoms with Gasteiger partial charge in [0.05, 0.1) is 0 Å². The first-order valence-corrected chi connectivity index (χ1v) is 4.52. The van der Waals surface area contributed by atoms with Crippen molar-refractivity contribution in [1.29, 1.82) is 0 Å². The van der Waals surface area contributed by atoms with Gasteiger partial charge in [-0.1, -0.05) is 0 Å². The predicted octanol–water partition coefficient (Wildman–Crippen LogP) is 2.09. The molecule has 0 aliphatic rings. The van der Waals surface area contributed by atoms with Crippen LogP contribution < -0.4 is 0 Å². The molecule has 0 aliphatic carbocycles. The van der Waals surface area contributed by atoms with Crippen molar-refractivity contribution in [3.05, 3.63) is 0 Å². The van der Waals surface area contributed by atoms with Crippen molar-refractivity contribution in [3.8, 4) is 0 Å². The number of rotatable bonds is 5. The standard InChI is InChI=1S/C10H18O3/c1-8(11)6-5-7-10(3,4)13-9(2)12/h5-7H2,1-4H3. The molecule has 0 aromatic heterocycles. The van der Waals surface area contributed by atoms with Crippen LogP contribution in [0.1, 0.15) is 47.0 Å². The molecule has 0 saturated heterocycles. The third kappa shape index (κ3) is 7.50. The van der Waals surface area contributed by atoms with Crippen LogP contribution in [0, 0.1) is 0 Å². The number of ketones is 1. The lowest BCUT2D eigenvalue weighted by Gasteiger charge is -2.23. The number of ether oxygens (including phenoxy) is 1. The van der Waals surface area contributed by atoms with Gasteiger partial charge < -0.3 is 9.53 Å². The topological polar surface area (TPSA) is 43.4 Å². The molecule has 0 spiro atoms. The first-order chi connectivity index (χ1) is 5.83. The summed E-state index contributed by atoms with van der Waals surface area (Å²) in [5.41, 5.74) is -0.443. The second-order valence-electron chi connectivity index (χ2n) is 3.91. The number of carbonyl (C=O) groups is 2. The van der Waals surface area contributed by atoms with Crippen LogP contribution in [0.25, 0.3) is 0 Å². The third-order valence-corrected chi connectivity index (χ3v) is 1.73. The first kappa shape index (κ1) is 12.1. The van der Waals surface area contributed by atoms with Crippen LogP contribution in [0.5, 0.6) is 0 Å². The highest BCUT2D eigenvalue weighted by Crippen LogP contribution is 2.17. The van der Waals surface area contributed by atoms with Crippen molar-refractivity contribution < 1.29 is 14.3 Å². The van der Waals surface area contributed by atoms with Crippen molar-refractivity contribution in [3.63, 3.8) is 0 Å². The third-order valence-electron chi connectivity index (χ3n) is 1.73. The highest BCUT2D eigenvalue weighted by Gasteiger charge is 2.20. The molecule has 3 nitrogen and oxygen atoms in total. The zero-order valence-electron chi connectivity index (χ0n) is 8.85. The van der Waals surface area contributed by atoms with Crippen LogP contribution >= 0.6 is 0 Å². The van der Waals surface area contributed by atoms with Gasteiger partial charge >= 0.3 is 5.97 Å². The fourth-order valence-corrected chi connectivity index (χ4v) is 1.20. The average molecular weight is 186 g/mol. The number of hydrogen-bond acceptors (Lipinski definition) is 3. The van der Waals surface area contributed by atoms with Gasteiger partial charge in [-0.25, -0.2) is 0 Å². The fraction of sp³-hybridized carbons (Fsp3) is 0.800. The lowest BCUT2D eigenvalue weighted by Crippen LogP contribution is -2.26. The van der Waals surface area contributed by atoms with Crippen molar-refractivity contribution in [2.45, 2.75) is 52.6 Å². The van der Waals surface area contributed by atoms with E-state index in [2.05, 4.69) is 0 Å². The predicted molar refractivity (Wildman–Crippen MR) is 50.4 cm³/mol. The molecule has 0 rings (SSSR count). The van der Waals surface area contributed by atoms with Crippen LogP contribution in [0.3, 0.4) is 0 Å². The summed E-state index contributed by atoms with van der Waals surface area (Å²) in [5.74, 6) is -0.0912. The molecule has 0 N–H and O–H groups in total. The Hall–Kier alpha value is -0.860. The molecular weight excluding hydrogens is 168 g/mol. The van der Waals surface area contributed by atoms with Crippen LogP contribution in [0.2, 0.25) is 0 Å². The number of esters is 1. The molecule has 0 amide bonds. The summed E-state index contributed by atoms with van der Waals surface area (Å²) in [6, 6.07) is 0. The highest BCUT2D eigenvalue weighted by atomic mass is 16.6. The van der Waals surface area contributed by atoms with E-state index in [0.29, 0.717) is 6.42 Å². The van der Waals surface area contributed by atoms with Crippen LogP contribution in [0.4, 0.5) is 0 Å². The largest absolute Gasteiger partial charge is 0.460 e. The van der Waals surface area contributed by atoms with Crippen molar-refractivity contribution >= 4 is 11.8 Å². The Labute approximate surface area is 79.5 Å². The lowest BCUT2D eigenvalue weighted by molar-refractivity contribution is -0.154. The van der Waals surface area contributed by atoms with Gasteiger partial charge in [-0.2, -0.15) is 0 Å². The van der Waals surface area contributed by atoms with Crippen LogP contribution in [0.15, 0.2) is 0 Å². The molecule has 0 atom stereocenters. The molecule has 0 aromatic carbocycles. The van der Waals surface area contributed by atoms with Gasteiger partial charge in [-0.3, -0.25) is 4.79 Å². The Balaban J connectivity index is 3.75. The summed E-state index contributed by atoms with van der Waals surface area (Å²) in [5, 5.41) is 0. The van der Waals surface area contributed by atoms with Gasteiger partial charge in [-0.05, 0) is 33.6 Å².